The molecule has 3 N–H and O–H groups in total. The summed E-state index contributed by atoms with van der Waals surface area (Å²) in [7, 11) is 0. The number of amides is 1. The molecule has 0 aliphatic carbocycles. The fraction of sp³-hybridized carbons (Fsp3) is 0.766. The number of carbonyl (C=O) groups is 1. The van der Waals surface area contributed by atoms with Crippen LogP contribution in [0.1, 0.15) is 213 Å². The summed E-state index contributed by atoms with van der Waals surface area (Å²) in [6, 6.07) is -0.640. The number of unbranched alkanes of at least 4 members (excludes halogenated alkanes) is 24. The van der Waals surface area contributed by atoms with Gasteiger partial charge in [0.05, 0.1) is 18.8 Å². The van der Waals surface area contributed by atoms with Gasteiger partial charge in [-0.25, -0.2) is 0 Å². The Morgan fingerprint density at radius 2 is 0.824 bits per heavy atom. The van der Waals surface area contributed by atoms with E-state index in [4.69, 9.17) is 0 Å². The van der Waals surface area contributed by atoms with E-state index in [0.717, 1.165) is 44.9 Å². The second-order valence-corrected chi connectivity index (χ2v) is 14.8. The van der Waals surface area contributed by atoms with Crippen LogP contribution in [0.4, 0.5) is 0 Å². The minimum atomic E-state index is -0.863. The van der Waals surface area contributed by atoms with Crippen LogP contribution in [0.5, 0.6) is 0 Å². The SMILES string of the molecule is CCCCCCC/C=C\C/C=C\C/C=C\CCCCCCCCCCCCCCC(=O)NC(CO)C(O)/C=C/CC/C=C/CCCCCCCC. The van der Waals surface area contributed by atoms with Gasteiger partial charge in [0.25, 0.3) is 0 Å². The molecule has 0 aliphatic heterocycles. The smallest absolute Gasteiger partial charge is 0.220 e. The molecule has 4 heteroatoms. The van der Waals surface area contributed by atoms with Crippen molar-refractivity contribution in [2.45, 2.75) is 225 Å². The Labute approximate surface area is 317 Å². The molecule has 0 aromatic carbocycles. The van der Waals surface area contributed by atoms with Crippen LogP contribution in [-0.4, -0.2) is 34.9 Å². The van der Waals surface area contributed by atoms with Crippen LogP contribution in [-0.2, 0) is 4.79 Å². The highest BCUT2D eigenvalue weighted by atomic mass is 16.3. The lowest BCUT2D eigenvalue weighted by molar-refractivity contribution is -0.123. The third-order valence-electron chi connectivity index (χ3n) is 9.72. The van der Waals surface area contributed by atoms with E-state index in [1.807, 2.05) is 6.08 Å². The monoisotopic (exact) mass is 712 g/mol. The maximum atomic E-state index is 12.4. The summed E-state index contributed by atoms with van der Waals surface area (Å²) >= 11 is 0. The van der Waals surface area contributed by atoms with Crippen LogP contribution in [0.25, 0.3) is 0 Å². The molecular weight excluding hydrogens is 627 g/mol. The van der Waals surface area contributed by atoms with Crippen LogP contribution < -0.4 is 5.32 Å². The Kier molecular flexibility index (Phi) is 40.9. The second kappa shape index (κ2) is 42.5. The number of allylic oxidation sites excluding steroid dienone is 9. The van der Waals surface area contributed by atoms with E-state index < -0.39 is 12.1 Å². The van der Waals surface area contributed by atoms with Crippen LogP contribution in [0.15, 0.2) is 60.8 Å². The van der Waals surface area contributed by atoms with Gasteiger partial charge in [0.1, 0.15) is 0 Å². The zero-order valence-electron chi connectivity index (χ0n) is 33.9. The van der Waals surface area contributed by atoms with Gasteiger partial charge in [-0.3, -0.25) is 4.79 Å². The third kappa shape index (κ3) is 39.1. The first-order valence-corrected chi connectivity index (χ1v) is 22.0. The predicted molar refractivity (Wildman–Crippen MR) is 225 cm³/mol. The van der Waals surface area contributed by atoms with E-state index in [1.54, 1.807) is 6.08 Å². The number of rotatable bonds is 39. The minimum Gasteiger partial charge on any atom is -0.394 e. The maximum Gasteiger partial charge on any atom is 0.220 e. The summed E-state index contributed by atoms with van der Waals surface area (Å²) in [6.45, 7) is 4.26. The molecule has 0 fully saturated rings. The molecule has 51 heavy (non-hydrogen) atoms. The van der Waals surface area contributed by atoms with E-state index in [2.05, 4.69) is 67.8 Å². The number of hydrogen-bond acceptors (Lipinski definition) is 3. The van der Waals surface area contributed by atoms with Crippen LogP contribution in [0.3, 0.4) is 0 Å². The van der Waals surface area contributed by atoms with Crippen molar-refractivity contribution in [3.05, 3.63) is 60.8 Å². The van der Waals surface area contributed by atoms with E-state index in [9.17, 15) is 15.0 Å². The van der Waals surface area contributed by atoms with Crippen molar-refractivity contribution in [3.63, 3.8) is 0 Å². The highest BCUT2D eigenvalue weighted by Crippen LogP contribution is 2.14. The Morgan fingerprint density at radius 3 is 1.27 bits per heavy atom. The van der Waals surface area contributed by atoms with Gasteiger partial charge in [-0.05, 0) is 70.6 Å². The van der Waals surface area contributed by atoms with Crippen molar-refractivity contribution in [2.24, 2.45) is 0 Å². The Morgan fingerprint density at radius 1 is 0.471 bits per heavy atom. The predicted octanol–water partition coefficient (Wildman–Crippen LogP) is 13.7. The zero-order valence-corrected chi connectivity index (χ0v) is 33.9. The van der Waals surface area contributed by atoms with Gasteiger partial charge in [0.15, 0.2) is 0 Å². The summed E-state index contributed by atoms with van der Waals surface area (Å²) < 4.78 is 0. The highest BCUT2D eigenvalue weighted by molar-refractivity contribution is 5.76. The average molecular weight is 712 g/mol. The lowest BCUT2D eigenvalue weighted by Gasteiger charge is -2.19. The standard InChI is InChI=1S/C47H85NO3/c1-3-5-7-9-11-13-15-17-18-19-20-21-22-23-24-25-26-27-28-29-30-31-33-35-37-39-41-43-47(51)48-45(44-49)46(50)42-40-38-36-34-32-16-14-12-10-8-6-4-2/h15,17,19-20,22-23,32,34,40,42,45-46,49-50H,3-14,16,18,21,24-31,33,35-39,41,43-44H2,1-2H3,(H,48,51)/b17-15-,20-19-,23-22-,34-32+,42-40+. The summed E-state index contributed by atoms with van der Waals surface area (Å²) in [5.74, 6) is -0.0789. The lowest BCUT2D eigenvalue weighted by Crippen LogP contribution is -2.45. The molecular formula is C47H85NO3. The fourth-order valence-corrected chi connectivity index (χ4v) is 6.32. The third-order valence-corrected chi connectivity index (χ3v) is 9.72. The first-order chi connectivity index (χ1) is 25.2. The molecule has 0 bridgehead atoms. The molecule has 2 unspecified atom stereocenters. The summed E-state index contributed by atoms with van der Waals surface area (Å²) in [6.07, 6.45) is 59.0. The fourth-order valence-electron chi connectivity index (χ4n) is 6.32. The first kappa shape index (κ1) is 49.1. The largest absolute Gasteiger partial charge is 0.394 e. The van der Waals surface area contributed by atoms with Crippen molar-refractivity contribution < 1.29 is 15.0 Å². The highest BCUT2D eigenvalue weighted by Gasteiger charge is 2.17. The van der Waals surface area contributed by atoms with Gasteiger partial charge in [0.2, 0.25) is 5.91 Å². The molecule has 0 rings (SSSR count). The minimum absolute atomic E-state index is 0.0789. The van der Waals surface area contributed by atoms with Crippen molar-refractivity contribution in [2.75, 3.05) is 6.61 Å². The number of aliphatic hydroxyl groups excluding tert-OH is 2. The van der Waals surface area contributed by atoms with E-state index in [0.29, 0.717) is 6.42 Å². The zero-order chi connectivity index (χ0) is 37.1. The normalized spacial score (nSPS) is 13.6. The number of carbonyl (C=O) groups excluding carboxylic acids is 1. The Bertz CT molecular complexity index is 858. The van der Waals surface area contributed by atoms with Gasteiger partial charge < -0.3 is 15.5 Å². The quantitative estimate of drug-likeness (QED) is 0.0439. The molecule has 0 saturated heterocycles. The van der Waals surface area contributed by atoms with E-state index >= 15 is 0 Å². The lowest BCUT2D eigenvalue weighted by atomic mass is 10.0. The second-order valence-electron chi connectivity index (χ2n) is 14.8. The van der Waals surface area contributed by atoms with Gasteiger partial charge in [0, 0.05) is 6.42 Å². The molecule has 1 amide bonds. The molecule has 2 atom stereocenters. The molecule has 0 spiro atoms. The van der Waals surface area contributed by atoms with Crippen molar-refractivity contribution >= 4 is 5.91 Å². The van der Waals surface area contributed by atoms with Gasteiger partial charge in [-0.2, -0.15) is 0 Å². The maximum absolute atomic E-state index is 12.4. The summed E-state index contributed by atoms with van der Waals surface area (Å²) in [4.78, 5) is 12.4. The molecule has 0 aromatic heterocycles. The number of nitrogens with one attached hydrogen (secondary N) is 1. The van der Waals surface area contributed by atoms with E-state index in [1.165, 1.54) is 148 Å². The average Bonchev–Trinajstić information content (AvgIpc) is 3.13. The molecule has 0 heterocycles. The Balaban J connectivity index is 3.57. The topological polar surface area (TPSA) is 69.6 Å². The molecule has 0 saturated carbocycles. The number of hydrogen-bond donors (Lipinski definition) is 3. The van der Waals surface area contributed by atoms with Crippen molar-refractivity contribution in [3.8, 4) is 0 Å². The van der Waals surface area contributed by atoms with Gasteiger partial charge >= 0.3 is 0 Å². The molecule has 0 radical (unpaired) electrons. The molecule has 4 nitrogen and oxygen atoms in total. The number of aliphatic hydroxyl groups is 2. The first-order valence-electron chi connectivity index (χ1n) is 22.0. The van der Waals surface area contributed by atoms with Crippen molar-refractivity contribution in [1.29, 1.82) is 0 Å². The van der Waals surface area contributed by atoms with E-state index in [-0.39, 0.29) is 12.5 Å². The van der Waals surface area contributed by atoms with Crippen LogP contribution in [0, 0.1) is 0 Å². The van der Waals surface area contributed by atoms with Crippen molar-refractivity contribution in [1.82, 2.24) is 5.32 Å². The molecule has 296 valence electrons. The summed E-state index contributed by atoms with van der Waals surface area (Å²) in [5, 5.41) is 22.9. The van der Waals surface area contributed by atoms with Gasteiger partial charge in [-0.15, -0.1) is 0 Å². The molecule has 0 aromatic rings. The summed E-state index contributed by atoms with van der Waals surface area (Å²) in [5.41, 5.74) is 0. The van der Waals surface area contributed by atoms with Crippen LogP contribution >= 0.6 is 0 Å². The van der Waals surface area contributed by atoms with Gasteiger partial charge in [-0.1, -0.05) is 197 Å². The Hall–Kier alpha value is -1.91. The molecule has 0 aliphatic rings. The van der Waals surface area contributed by atoms with Crippen LogP contribution in [0.2, 0.25) is 0 Å².